The number of oxazole rings is 1. The lowest BCUT2D eigenvalue weighted by molar-refractivity contribution is -0.754. The molecule has 19 heavy (non-hydrogen) atoms. The number of hydrogen-bond acceptors (Lipinski definition) is 5. The maximum absolute atomic E-state index is 11.0. The van der Waals surface area contributed by atoms with Crippen LogP contribution >= 0.6 is 0 Å². The lowest BCUT2D eigenvalue weighted by atomic mass is 10.3. The molecule has 6 nitrogen and oxygen atoms in total. The van der Waals surface area contributed by atoms with Crippen LogP contribution in [-0.2, 0) is 16.1 Å². The van der Waals surface area contributed by atoms with Crippen molar-refractivity contribution in [2.75, 3.05) is 7.11 Å². The highest BCUT2D eigenvalue weighted by atomic mass is 16.5. The average molecular weight is 262 g/mol. The van der Waals surface area contributed by atoms with Crippen LogP contribution in [0.2, 0.25) is 0 Å². The number of nitrogens with zero attached hydrogens (tertiary/aromatic N) is 3. The van der Waals surface area contributed by atoms with Gasteiger partial charge in [-0.2, -0.15) is 0 Å². The molecule has 0 N–H and O–H groups in total. The van der Waals surface area contributed by atoms with Gasteiger partial charge >= 0.3 is 5.97 Å². The highest BCUT2D eigenvalue weighted by molar-refractivity contribution is 5.68. The first-order valence-corrected chi connectivity index (χ1v) is 6.04. The van der Waals surface area contributed by atoms with Gasteiger partial charge in [0.2, 0.25) is 5.89 Å². The Kier molecular flexibility index (Phi) is 4.22. The van der Waals surface area contributed by atoms with E-state index in [0.29, 0.717) is 25.3 Å². The summed E-state index contributed by atoms with van der Waals surface area (Å²) in [5.41, 5.74) is 1.67. The van der Waals surface area contributed by atoms with Crippen molar-refractivity contribution in [2.24, 2.45) is 0 Å². The second-order valence-corrected chi connectivity index (χ2v) is 4.15. The minimum absolute atomic E-state index is 0.201. The van der Waals surface area contributed by atoms with E-state index in [0.717, 1.165) is 11.3 Å². The number of methoxy groups -OCH3 is 1. The Labute approximate surface area is 111 Å². The van der Waals surface area contributed by atoms with E-state index in [4.69, 9.17) is 4.42 Å². The molecule has 2 aromatic heterocycles. The normalized spacial score (nSPS) is 10.4. The molecular weight excluding hydrogens is 246 g/mol. The number of carbonyl (C=O) groups is 1. The van der Waals surface area contributed by atoms with Gasteiger partial charge in [0.15, 0.2) is 12.7 Å². The molecule has 0 aliphatic heterocycles. The van der Waals surface area contributed by atoms with Crippen LogP contribution in [0.3, 0.4) is 0 Å². The molecule has 0 aliphatic carbocycles. The quantitative estimate of drug-likeness (QED) is 0.600. The summed E-state index contributed by atoms with van der Waals surface area (Å²) in [6, 6.07) is 1.89. The lowest BCUT2D eigenvalue weighted by Crippen LogP contribution is -2.37. The molecule has 0 fully saturated rings. The van der Waals surface area contributed by atoms with Gasteiger partial charge in [-0.05, 0) is 12.0 Å². The van der Waals surface area contributed by atoms with Crippen molar-refractivity contribution in [3.8, 4) is 11.5 Å². The molecule has 6 heteroatoms. The summed E-state index contributed by atoms with van der Waals surface area (Å²) in [5.74, 6) is 0.360. The zero-order chi connectivity index (χ0) is 13.7. The first-order chi connectivity index (χ1) is 9.19. The standard InChI is InChI=1S/C13H16N3O3/c1-10-9-19-13(15-10)11-5-7-16(14-8-11)6-3-4-12(17)18-2/h5,7-9H,3-4,6H2,1-2H3/q+1. The van der Waals surface area contributed by atoms with Gasteiger partial charge in [0.05, 0.1) is 24.8 Å². The summed E-state index contributed by atoms with van der Waals surface area (Å²) in [6.45, 7) is 2.54. The van der Waals surface area contributed by atoms with Gasteiger partial charge in [0.1, 0.15) is 12.5 Å². The first-order valence-electron chi connectivity index (χ1n) is 6.04. The van der Waals surface area contributed by atoms with Gasteiger partial charge in [0, 0.05) is 12.5 Å². The number of rotatable bonds is 5. The van der Waals surface area contributed by atoms with E-state index < -0.39 is 0 Å². The van der Waals surface area contributed by atoms with Crippen molar-refractivity contribution in [3.05, 3.63) is 30.4 Å². The predicted molar refractivity (Wildman–Crippen MR) is 65.9 cm³/mol. The molecule has 0 bridgehead atoms. The fourth-order valence-corrected chi connectivity index (χ4v) is 1.62. The third kappa shape index (κ3) is 3.61. The third-order valence-electron chi connectivity index (χ3n) is 2.63. The zero-order valence-electron chi connectivity index (χ0n) is 11.0. The molecule has 2 rings (SSSR count). The van der Waals surface area contributed by atoms with Crippen LogP contribution < -0.4 is 4.68 Å². The molecule has 0 saturated heterocycles. The number of aryl methyl sites for hydroxylation is 2. The Morgan fingerprint density at radius 3 is 2.95 bits per heavy atom. The van der Waals surface area contributed by atoms with Gasteiger partial charge < -0.3 is 9.15 Å². The van der Waals surface area contributed by atoms with Gasteiger partial charge in [0.25, 0.3) is 0 Å². The predicted octanol–water partition coefficient (Wildman–Crippen LogP) is 1.29. The fraction of sp³-hybridized carbons (Fsp3) is 0.385. The van der Waals surface area contributed by atoms with E-state index in [1.54, 1.807) is 17.1 Å². The van der Waals surface area contributed by atoms with Crippen LogP contribution in [0.4, 0.5) is 0 Å². The Balaban J connectivity index is 1.93. The molecule has 100 valence electrons. The number of hydrogen-bond donors (Lipinski definition) is 0. The first kappa shape index (κ1) is 13.2. The second-order valence-electron chi connectivity index (χ2n) is 4.15. The van der Waals surface area contributed by atoms with Crippen LogP contribution in [0.25, 0.3) is 11.5 Å². The van der Waals surface area contributed by atoms with Crippen molar-refractivity contribution >= 4 is 5.97 Å². The molecule has 0 amide bonds. The molecule has 0 atom stereocenters. The number of carbonyl (C=O) groups excluding carboxylic acids is 1. The summed E-state index contributed by atoms with van der Waals surface area (Å²) in [5, 5.41) is 4.25. The minimum Gasteiger partial charge on any atom is -0.469 e. The average Bonchev–Trinajstić information content (AvgIpc) is 2.86. The molecule has 0 aliphatic rings. The van der Waals surface area contributed by atoms with Gasteiger partial charge in [-0.25, -0.2) is 4.98 Å². The van der Waals surface area contributed by atoms with E-state index >= 15 is 0 Å². The summed E-state index contributed by atoms with van der Waals surface area (Å²) >= 11 is 0. The molecule has 2 aromatic rings. The van der Waals surface area contributed by atoms with E-state index in [1.807, 2.05) is 19.2 Å². The smallest absolute Gasteiger partial charge is 0.305 e. The van der Waals surface area contributed by atoms with E-state index in [2.05, 4.69) is 14.8 Å². The van der Waals surface area contributed by atoms with Crippen molar-refractivity contribution in [1.82, 2.24) is 10.1 Å². The van der Waals surface area contributed by atoms with Gasteiger partial charge in [-0.1, -0.05) is 4.68 Å². The molecule has 0 saturated carbocycles. The van der Waals surface area contributed by atoms with Gasteiger partial charge in [-0.3, -0.25) is 4.79 Å². The third-order valence-corrected chi connectivity index (χ3v) is 2.63. The van der Waals surface area contributed by atoms with Crippen molar-refractivity contribution < 1.29 is 18.6 Å². The Morgan fingerprint density at radius 1 is 1.53 bits per heavy atom. The van der Waals surface area contributed by atoms with Crippen LogP contribution in [0.5, 0.6) is 0 Å². The number of aromatic nitrogens is 3. The molecule has 0 radical (unpaired) electrons. The summed E-state index contributed by atoms with van der Waals surface area (Å²) < 4.78 is 11.6. The molecular formula is C13H16N3O3+. The van der Waals surface area contributed by atoms with Crippen LogP contribution in [0.1, 0.15) is 18.5 Å². The van der Waals surface area contributed by atoms with Crippen LogP contribution in [0.15, 0.2) is 29.1 Å². The number of esters is 1. The Hall–Kier alpha value is -2.24. The second kappa shape index (κ2) is 6.08. The van der Waals surface area contributed by atoms with E-state index in [-0.39, 0.29) is 5.97 Å². The topological polar surface area (TPSA) is 69.1 Å². The SMILES string of the molecule is COC(=O)CCC[n+]1ccc(-c2nc(C)co2)cn1. The van der Waals surface area contributed by atoms with E-state index in [1.165, 1.54) is 7.11 Å². The van der Waals surface area contributed by atoms with Crippen LogP contribution in [0, 0.1) is 6.92 Å². The largest absolute Gasteiger partial charge is 0.469 e. The Bertz CT molecular complexity index is 549. The summed E-state index contributed by atoms with van der Waals surface area (Å²) in [6.07, 6.45) is 6.23. The molecule has 0 unspecified atom stereocenters. The maximum Gasteiger partial charge on any atom is 0.305 e. The highest BCUT2D eigenvalue weighted by Gasteiger charge is 2.09. The summed E-state index contributed by atoms with van der Waals surface area (Å²) in [4.78, 5) is 15.2. The fourth-order valence-electron chi connectivity index (χ4n) is 1.62. The van der Waals surface area contributed by atoms with Crippen molar-refractivity contribution in [1.29, 1.82) is 0 Å². The zero-order valence-corrected chi connectivity index (χ0v) is 11.0. The molecule has 0 spiro atoms. The Morgan fingerprint density at radius 2 is 2.37 bits per heavy atom. The van der Waals surface area contributed by atoms with Crippen molar-refractivity contribution in [2.45, 2.75) is 26.3 Å². The molecule has 2 heterocycles. The monoisotopic (exact) mass is 262 g/mol. The summed E-state index contributed by atoms with van der Waals surface area (Å²) in [7, 11) is 1.39. The lowest BCUT2D eigenvalue weighted by Gasteiger charge is -1.97. The van der Waals surface area contributed by atoms with Gasteiger partial charge in [-0.15, -0.1) is 0 Å². The van der Waals surface area contributed by atoms with E-state index in [9.17, 15) is 4.79 Å². The van der Waals surface area contributed by atoms with Crippen LogP contribution in [-0.4, -0.2) is 23.2 Å². The molecule has 0 aromatic carbocycles. The minimum atomic E-state index is -0.201. The van der Waals surface area contributed by atoms with Crippen molar-refractivity contribution in [3.63, 3.8) is 0 Å². The maximum atomic E-state index is 11.0. The number of ether oxygens (including phenoxy) is 1. The highest BCUT2D eigenvalue weighted by Crippen LogP contribution is 2.15.